The molecule has 0 saturated carbocycles. The molecule has 0 bridgehead atoms. The summed E-state index contributed by atoms with van der Waals surface area (Å²) < 4.78 is 10.8. The fourth-order valence-corrected chi connectivity index (χ4v) is 1.55. The minimum atomic E-state index is 0.282. The lowest BCUT2D eigenvalue weighted by Crippen LogP contribution is -2.10. The van der Waals surface area contributed by atoms with Crippen LogP contribution in [0.15, 0.2) is 6.07 Å². The Morgan fingerprint density at radius 2 is 2.00 bits per heavy atom. The molecule has 1 N–H and O–H groups in total. The van der Waals surface area contributed by atoms with E-state index in [1.807, 2.05) is 19.9 Å². The first-order valence-corrected chi connectivity index (χ1v) is 7.00. The molecule has 0 spiro atoms. The quantitative estimate of drug-likeness (QED) is 0.697. The summed E-state index contributed by atoms with van der Waals surface area (Å²) >= 11 is 0. The maximum absolute atomic E-state index is 5.47. The van der Waals surface area contributed by atoms with Crippen LogP contribution in [-0.4, -0.2) is 36.3 Å². The van der Waals surface area contributed by atoms with Gasteiger partial charge in [-0.15, -0.1) is 0 Å². The van der Waals surface area contributed by atoms with Crippen LogP contribution in [-0.2, 0) is 4.74 Å². The Labute approximate surface area is 115 Å². The summed E-state index contributed by atoms with van der Waals surface area (Å²) in [5.41, 5.74) is 0. The standard InChI is InChI=1S/C14H25N3O2/c1-5-18-9-7-8-15-12-10-13(19-6-2)17-14(16-12)11(3)4/h10-11H,5-9H2,1-4H3,(H,15,16,17). The zero-order valence-electron chi connectivity index (χ0n) is 12.4. The number of aromatic nitrogens is 2. The van der Waals surface area contributed by atoms with Crippen LogP contribution in [0, 0.1) is 0 Å². The van der Waals surface area contributed by atoms with Crippen molar-refractivity contribution in [2.75, 3.05) is 31.7 Å². The highest BCUT2D eigenvalue weighted by atomic mass is 16.5. The highest BCUT2D eigenvalue weighted by Gasteiger charge is 2.08. The van der Waals surface area contributed by atoms with Gasteiger partial charge < -0.3 is 14.8 Å². The summed E-state index contributed by atoms with van der Waals surface area (Å²) in [7, 11) is 0. The molecule has 0 aliphatic carbocycles. The highest BCUT2D eigenvalue weighted by Crippen LogP contribution is 2.18. The lowest BCUT2D eigenvalue weighted by atomic mass is 10.2. The third-order valence-electron chi connectivity index (χ3n) is 2.50. The van der Waals surface area contributed by atoms with Gasteiger partial charge in [-0.3, -0.25) is 0 Å². The second-order valence-corrected chi connectivity index (χ2v) is 4.51. The predicted octanol–water partition coefficient (Wildman–Crippen LogP) is 2.84. The van der Waals surface area contributed by atoms with Gasteiger partial charge >= 0.3 is 0 Å². The maximum atomic E-state index is 5.47. The van der Waals surface area contributed by atoms with E-state index in [4.69, 9.17) is 9.47 Å². The second-order valence-electron chi connectivity index (χ2n) is 4.51. The summed E-state index contributed by atoms with van der Waals surface area (Å²) in [4.78, 5) is 8.87. The van der Waals surface area contributed by atoms with Gasteiger partial charge in [0.1, 0.15) is 11.6 Å². The molecule has 1 heterocycles. The van der Waals surface area contributed by atoms with Crippen LogP contribution in [0.1, 0.15) is 45.9 Å². The van der Waals surface area contributed by atoms with Crippen LogP contribution in [0.4, 0.5) is 5.82 Å². The molecule has 0 aliphatic rings. The summed E-state index contributed by atoms with van der Waals surface area (Å²) in [6.07, 6.45) is 0.957. The summed E-state index contributed by atoms with van der Waals surface area (Å²) in [5.74, 6) is 2.54. The monoisotopic (exact) mass is 267 g/mol. The Morgan fingerprint density at radius 3 is 2.63 bits per heavy atom. The Hall–Kier alpha value is -1.36. The van der Waals surface area contributed by atoms with E-state index in [1.165, 1.54) is 0 Å². The minimum absolute atomic E-state index is 0.282. The van der Waals surface area contributed by atoms with Crippen molar-refractivity contribution in [1.82, 2.24) is 9.97 Å². The van der Waals surface area contributed by atoms with Gasteiger partial charge in [0.2, 0.25) is 5.88 Å². The van der Waals surface area contributed by atoms with E-state index in [-0.39, 0.29) is 5.92 Å². The minimum Gasteiger partial charge on any atom is -0.478 e. The first kappa shape index (κ1) is 15.7. The third kappa shape index (κ3) is 5.87. The molecule has 1 rings (SSSR count). The molecule has 0 amide bonds. The zero-order chi connectivity index (χ0) is 14.1. The molecular weight excluding hydrogens is 242 g/mol. The van der Waals surface area contributed by atoms with Crippen LogP contribution in [0.3, 0.4) is 0 Å². The highest BCUT2D eigenvalue weighted by molar-refractivity contribution is 5.38. The van der Waals surface area contributed by atoms with Crippen molar-refractivity contribution in [2.45, 2.75) is 40.0 Å². The molecule has 0 aliphatic heterocycles. The number of hydrogen-bond donors (Lipinski definition) is 1. The van der Waals surface area contributed by atoms with Crippen molar-refractivity contribution in [1.29, 1.82) is 0 Å². The van der Waals surface area contributed by atoms with Crippen molar-refractivity contribution in [2.24, 2.45) is 0 Å². The fourth-order valence-electron chi connectivity index (χ4n) is 1.55. The third-order valence-corrected chi connectivity index (χ3v) is 2.50. The van der Waals surface area contributed by atoms with Crippen molar-refractivity contribution in [3.8, 4) is 5.88 Å². The number of nitrogens with one attached hydrogen (secondary N) is 1. The van der Waals surface area contributed by atoms with Gasteiger partial charge in [0, 0.05) is 31.7 Å². The smallest absolute Gasteiger partial charge is 0.218 e. The summed E-state index contributed by atoms with van der Waals surface area (Å²) in [6.45, 7) is 11.1. The maximum Gasteiger partial charge on any atom is 0.218 e. The van der Waals surface area contributed by atoms with Gasteiger partial charge in [-0.05, 0) is 20.3 Å². The lowest BCUT2D eigenvalue weighted by Gasteiger charge is -2.11. The van der Waals surface area contributed by atoms with E-state index in [9.17, 15) is 0 Å². The molecule has 0 unspecified atom stereocenters. The number of nitrogens with zero attached hydrogens (tertiary/aromatic N) is 2. The van der Waals surface area contributed by atoms with Crippen LogP contribution < -0.4 is 10.1 Å². The molecular formula is C14H25N3O2. The van der Waals surface area contributed by atoms with Gasteiger partial charge in [0.25, 0.3) is 0 Å². The van der Waals surface area contributed by atoms with E-state index in [1.54, 1.807) is 0 Å². The van der Waals surface area contributed by atoms with Crippen LogP contribution in [0.5, 0.6) is 5.88 Å². The fraction of sp³-hybridized carbons (Fsp3) is 0.714. The molecule has 1 aromatic rings. The summed E-state index contributed by atoms with van der Waals surface area (Å²) in [6, 6.07) is 1.84. The van der Waals surface area contributed by atoms with E-state index in [2.05, 4.69) is 29.1 Å². The number of ether oxygens (including phenoxy) is 2. The lowest BCUT2D eigenvalue weighted by molar-refractivity contribution is 0.147. The second kappa shape index (κ2) is 8.69. The molecule has 0 radical (unpaired) electrons. The molecule has 0 fully saturated rings. The Balaban J connectivity index is 2.60. The molecule has 0 aromatic carbocycles. The topological polar surface area (TPSA) is 56.3 Å². The number of hydrogen-bond acceptors (Lipinski definition) is 5. The van der Waals surface area contributed by atoms with Crippen molar-refractivity contribution < 1.29 is 9.47 Å². The van der Waals surface area contributed by atoms with Gasteiger partial charge in [0.15, 0.2) is 0 Å². The molecule has 108 valence electrons. The van der Waals surface area contributed by atoms with Gasteiger partial charge in [-0.25, -0.2) is 4.98 Å². The molecule has 19 heavy (non-hydrogen) atoms. The van der Waals surface area contributed by atoms with Crippen LogP contribution in [0.25, 0.3) is 0 Å². The van der Waals surface area contributed by atoms with E-state index in [0.29, 0.717) is 12.5 Å². The Bertz CT molecular complexity index is 370. The van der Waals surface area contributed by atoms with Crippen molar-refractivity contribution >= 4 is 5.82 Å². The number of anilines is 1. The molecule has 5 nitrogen and oxygen atoms in total. The van der Waals surface area contributed by atoms with Crippen LogP contribution in [0.2, 0.25) is 0 Å². The van der Waals surface area contributed by atoms with Crippen LogP contribution >= 0.6 is 0 Å². The van der Waals surface area contributed by atoms with Gasteiger partial charge in [-0.1, -0.05) is 13.8 Å². The largest absolute Gasteiger partial charge is 0.478 e. The average Bonchev–Trinajstić information content (AvgIpc) is 2.38. The summed E-state index contributed by atoms with van der Waals surface area (Å²) in [5, 5.41) is 3.29. The molecule has 0 saturated heterocycles. The molecule has 5 heteroatoms. The number of rotatable bonds is 9. The van der Waals surface area contributed by atoms with Crippen molar-refractivity contribution in [3.05, 3.63) is 11.9 Å². The first-order valence-electron chi connectivity index (χ1n) is 7.00. The molecule has 1 aromatic heterocycles. The Kier molecular flexibility index (Phi) is 7.18. The SMILES string of the molecule is CCOCCCNc1cc(OCC)nc(C(C)C)n1. The predicted molar refractivity (Wildman–Crippen MR) is 76.9 cm³/mol. The van der Waals surface area contributed by atoms with E-state index >= 15 is 0 Å². The van der Waals surface area contributed by atoms with Gasteiger partial charge in [0.05, 0.1) is 6.61 Å². The zero-order valence-corrected chi connectivity index (χ0v) is 12.4. The van der Waals surface area contributed by atoms with Crippen molar-refractivity contribution in [3.63, 3.8) is 0 Å². The van der Waals surface area contributed by atoms with Gasteiger partial charge in [-0.2, -0.15) is 4.98 Å². The first-order chi connectivity index (χ1) is 9.17. The Morgan fingerprint density at radius 1 is 1.21 bits per heavy atom. The molecule has 0 atom stereocenters. The van der Waals surface area contributed by atoms with E-state index in [0.717, 1.165) is 37.8 Å². The van der Waals surface area contributed by atoms with E-state index < -0.39 is 0 Å². The average molecular weight is 267 g/mol. The normalized spacial score (nSPS) is 10.8.